The molecule has 0 aromatic heterocycles. The average Bonchev–Trinajstić information content (AvgIpc) is 0.806. The predicted molar refractivity (Wildman–Crippen MR) is 634 cm³/mol. The van der Waals surface area contributed by atoms with E-state index in [2.05, 4.69) is 107 Å². The smallest absolute Gasteiger partial charge is 0.416 e. The second kappa shape index (κ2) is 106. The molecule has 852 valence electrons. The van der Waals surface area contributed by atoms with E-state index in [-0.39, 0.29) is 18.2 Å². The van der Waals surface area contributed by atoms with Crippen LogP contribution in [0.15, 0.2) is 78.9 Å². The zero-order valence-corrected chi connectivity index (χ0v) is 99.1. The Balaban J connectivity index is 0.00000124. The van der Waals surface area contributed by atoms with Crippen molar-refractivity contribution in [2.24, 2.45) is 0 Å². The van der Waals surface area contributed by atoms with Gasteiger partial charge in [-0.3, -0.25) is 9.59 Å². The lowest BCUT2D eigenvalue weighted by Crippen LogP contribution is -2.50. The minimum Gasteiger partial charge on any atom is -0.860 e. The third-order valence-electron chi connectivity index (χ3n) is 31.9. The molecule has 3 aromatic carbocycles. The fraction of sp³-hybridized carbons (Fsp3) is 0.848. The van der Waals surface area contributed by atoms with Gasteiger partial charge in [-0.15, -0.1) is 0 Å². The molecule has 0 aliphatic rings. The van der Waals surface area contributed by atoms with Crippen molar-refractivity contribution in [1.82, 2.24) is 0 Å². The lowest BCUT2D eigenvalue weighted by atomic mass is 10.0. The second-order valence-electron chi connectivity index (χ2n) is 45.9. The van der Waals surface area contributed by atoms with Gasteiger partial charge in [0.15, 0.2) is 11.6 Å². The average molecular weight is 2090 g/mol. The van der Waals surface area contributed by atoms with E-state index in [0.29, 0.717) is 11.6 Å². The largest absolute Gasteiger partial charge is 0.860 e. The van der Waals surface area contributed by atoms with Gasteiger partial charge >= 0.3 is 12.4 Å². The molecule has 0 heterocycles. The van der Waals surface area contributed by atoms with Gasteiger partial charge in [0, 0.05) is 25.7 Å². The van der Waals surface area contributed by atoms with Crippen molar-refractivity contribution in [1.29, 1.82) is 0 Å². The number of ketones is 2. The number of rotatable bonds is 110. The summed E-state index contributed by atoms with van der Waals surface area (Å²) in [7, 11) is -5.68. The lowest BCUT2D eigenvalue weighted by molar-refractivity contribution is -0.372. The number of unbranched alkanes of at least 4 members (excludes halogenated alkanes) is 90. The van der Waals surface area contributed by atoms with E-state index in [1.54, 1.807) is 0 Å². The highest BCUT2D eigenvalue weighted by molar-refractivity contribution is 7.77. The normalized spacial score (nSPS) is 11.9. The molecule has 0 fully saturated rings. The van der Waals surface area contributed by atoms with E-state index in [4.69, 9.17) is 0 Å². The molecule has 3 aromatic rings. The number of alkyl halides is 6. The van der Waals surface area contributed by atoms with E-state index < -0.39 is 51.1 Å². The first kappa shape index (κ1) is 141. The van der Waals surface area contributed by atoms with Crippen LogP contribution in [0.3, 0.4) is 0 Å². The molecular formula is C132H239BF6O5P2. The summed E-state index contributed by atoms with van der Waals surface area (Å²) in [5, 5.41) is 20.2. The first-order valence-corrected chi connectivity index (χ1v) is 69.5. The monoisotopic (exact) mass is 2090 g/mol. The molecule has 146 heavy (non-hydrogen) atoms. The summed E-state index contributed by atoms with van der Waals surface area (Å²) in [5.41, 5.74) is -1.38. The molecule has 0 aliphatic carbocycles. The number of benzene rings is 3. The molecule has 0 amide bonds. The van der Waals surface area contributed by atoms with Crippen LogP contribution in [-0.4, -0.2) is 68.2 Å². The summed E-state index contributed by atoms with van der Waals surface area (Å²) in [6.45, 7) is 13.9. The van der Waals surface area contributed by atoms with E-state index in [9.17, 15) is 46.0 Å². The Labute approximate surface area is 904 Å². The molecule has 0 aliphatic heterocycles. The molecule has 0 bridgehead atoms. The fourth-order valence-corrected chi connectivity index (χ4v) is 31.5. The van der Waals surface area contributed by atoms with Gasteiger partial charge in [0.2, 0.25) is 0 Å². The Bertz CT molecular complexity index is 2780. The number of hydrogen-bond acceptors (Lipinski definition) is 5. The van der Waals surface area contributed by atoms with Gasteiger partial charge in [0.25, 0.3) is 0 Å². The topological polar surface area (TPSA) is 89.5 Å². The Morgan fingerprint density at radius 1 is 0.212 bits per heavy atom. The molecule has 0 N–H and O–H groups in total. The van der Waals surface area contributed by atoms with Crippen molar-refractivity contribution >= 4 is 33.4 Å². The SMILES string of the molecule is CCCCCCCCCCCCCCCCCC[P+](CCCCCCCCCCCCCCCCCC)(CCCCCCCCCCCCCCCCCC)CC(=O)c1ccccc1.CCCCCCCCCCCCCCCCCC[P+](CCCCCCCCCCCCCCCCCC)(CCCCCCCCCCCCCCCCCC)CC(=O)c1ccccc1.[O-]B([O-])Oc1cc(C(F)(F)F)cc(C(F)(F)F)c1. The highest BCUT2D eigenvalue weighted by atomic mass is 31.2. The van der Waals surface area contributed by atoms with Gasteiger partial charge < -0.3 is 14.7 Å². The fourth-order valence-electron chi connectivity index (χ4n) is 22.3. The van der Waals surface area contributed by atoms with Gasteiger partial charge in [-0.1, -0.05) is 642 Å². The van der Waals surface area contributed by atoms with Crippen molar-refractivity contribution in [2.75, 3.05) is 49.3 Å². The van der Waals surface area contributed by atoms with Crippen LogP contribution in [0.25, 0.3) is 0 Å². The van der Waals surface area contributed by atoms with Crippen molar-refractivity contribution in [2.45, 2.75) is 670 Å². The summed E-state index contributed by atoms with van der Waals surface area (Å²) in [5.74, 6) is -0.163. The Kier molecular flexibility index (Phi) is 103. The van der Waals surface area contributed by atoms with Crippen LogP contribution >= 0.6 is 14.5 Å². The Morgan fingerprint density at radius 3 is 0.466 bits per heavy atom. The summed E-state index contributed by atoms with van der Waals surface area (Å²) < 4.78 is 77.5. The van der Waals surface area contributed by atoms with Gasteiger partial charge in [-0.2, -0.15) is 26.3 Å². The first-order chi connectivity index (χ1) is 71.3. The summed E-state index contributed by atoms with van der Waals surface area (Å²) in [6.07, 6.45) is 137. The molecule has 0 spiro atoms. The molecule has 0 saturated heterocycles. The van der Waals surface area contributed by atoms with Crippen LogP contribution in [-0.2, 0) is 12.4 Å². The van der Waals surface area contributed by atoms with E-state index in [1.807, 2.05) is 0 Å². The second-order valence-corrected chi connectivity index (χ2v) is 54.6. The van der Waals surface area contributed by atoms with Crippen LogP contribution in [0, 0.1) is 0 Å². The Morgan fingerprint density at radius 2 is 0.342 bits per heavy atom. The standard InChI is InChI=1S/2C62H118OP.C8H3BF6O3/c2*1-4-7-10-13-16-19-22-25-28-31-34-37-40-43-46-52-57-64(60-62(63)61-55-50-49-51-56-61,58-53-47-44-41-38-35-32-29-26-23-20-17-14-11-8-5-2)59-54-48-45-42-39-36-33-30-27-24-21-18-15-12-9-6-3;10-7(11,12)4-1-5(8(13,14)15)3-6(2-4)18-9(16)17/h2*49-51,55-56H,4-48,52-54,57-60H2,1-3H3;1-3H/q2*+1;-2. The molecule has 0 atom stereocenters. The van der Waals surface area contributed by atoms with Crippen LogP contribution in [0.5, 0.6) is 5.75 Å². The maximum atomic E-state index is 14.0. The lowest BCUT2D eigenvalue weighted by Gasteiger charge is -2.28. The molecule has 5 nitrogen and oxygen atoms in total. The van der Waals surface area contributed by atoms with Crippen molar-refractivity contribution < 1.29 is 50.6 Å². The zero-order chi connectivity index (χ0) is 106. The third kappa shape index (κ3) is 92.5. The number of Topliss-reactive ketones (excluding diaryl/α,β-unsaturated/α-hetero) is 2. The maximum absolute atomic E-state index is 14.0. The highest BCUT2D eigenvalue weighted by Crippen LogP contribution is 2.63. The van der Waals surface area contributed by atoms with Crippen LogP contribution in [0.2, 0.25) is 0 Å². The van der Waals surface area contributed by atoms with Crippen LogP contribution in [0.1, 0.15) is 690 Å². The minimum atomic E-state index is -5.05. The van der Waals surface area contributed by atoms with Gasteiger partial charge in [0.1, 0.15) is 19.6 Å². The third-order valence-corrected chi connectivity index (χ3v) is 41.4. The Hall–Kier alpha value is -2.78. The molecule has 3 rings (SSSR count). The number of hydrogen-bond donors (Lipinski definition) is 0. The zero-order valence-electron chi connectivity index (χ0n) is 97.3. The van der Waals surface area contributed by atoms with E-state index in [0.717, 1.165) is 23.5 Å². The number of carbonyl (C=O) groups is 2. The van der Waals surface area contributed by atoms with Crippen molar-refractivity contribution in [3.05, 3.63) is 101 Å². The van der Waals surface area contributed by atoms with Crippen molar-refractivity contribution in [3.63, 3.8) is 0 Å². The number of halogens is 6. The summed E-state index contributed by atoms with van der Waals surface area (Å²) in [4.78, 5) is 28.0. The van der Waals surface area contributed by atoms with Gasteiger partial charge in [0.05, 0.1) is 53.8 Å². The quantitative estimate of drug-likeness (QED) is 0.0185. The van der Waals surface area contributed by atoms with E-state index in [1.165, 1.54) is 653 Å². The number of carbonyl (C=O) groups excluding carboxylic acids is 2. The molecule has 0 saturated carbocycles. The molecule has 0 unspecified atom stereocenters. The van der Waals surface area contributed by atoms with Gasteiger partial charge in [-0.25, -0.2) is 0 Å². The molecule has 0 radical (unpaired) electrons. The van der Waals surface area contributed by atoms with Crippen LogP contribution in [0.4, 0.5) is 26.3 Å². The first-order valence-electron chi connectivity index (χ1n) is 64.5. The molecule has 14 heteroatoms. The summed E-state index contributed by atoms with van der Waals surface area (Å²) >= 11 is 0. The highest BCUT2D eigenvalue weighted by Gasteiger charge is 2.41. The molecular weight excluding hydrogens is 1850 g/mol. The van der Waals surface area contributed by atoms with Crippen LogP contribution < -0.4 is 14.7 Å². The van der Waals surface area contributed by atoms with Crippen molar-refractivity contribution in [3.8, 4) is 5.75 Å². The van der Waals surface area contributed by atoms with Gasteiger partial charge in [-0.05, 0) is 95.2 Å². The predicted octanol–water partition coefficient (Wildman–Crippen LogP) is 46.2. The van der Waals surface area contributed by atoms with E-state index >= 15 is 0 Å². The maximum Gasteiger partial charge on any atom is 0.416 e. The summed E-state index contributed by atoms with van der Waals surface area (Å²) in [6, 6.07) is 21.0. The minimum absolute atomic E-state index is 0.141.